The first kappa shape index (κ1) is 20.0. The monoisotopic (exact) mass is 450 g/mol. The minimum atomic E-state index is -4.80. The molecule has 0 spiro atoms. The van der Waals surface area contributed by atoms with E-state index in [1.54, 1.807) is 0 Å². The second-order valence-electron chi connectivity index (χ2n) is 6.06. The quantitative estimate of drug-likeness (QED) is 0.543. The molecule has 0 aromatic heterocycles. The highest BCUT2D eigenvalue weighted by atomic mass is 79.9. The van der Waals surface area contributed by atoms with Crippen LogP contribution in [0.25, 0.3) is 0 Å². The summed E-state index contributed by atoms with van der Waals surface area (Å²) in [7, 11) is 0. The van der Waals surface area contributed by atoms with E-state index in [0.717, 1.165) is 12.1 Å². The summed E-state index contributed by atoms with van der Waals surface area (Å²) in [6.07, 6.45) is -4.80. The van der Waals surface area contributed by atoms with Crippen molar-refractivity contribution in [3.8, 4) is 5.75 Å². The van der Waals surface area contributed by atoms with Crippen LogP contribution in [0.15, 0.2) is 40.9 Å². The molecule has 0 radical (unpaired) electrons. The first-order chi connectivity index (χ1) is 12.8. The zero-order valence-electron chi connectivity index (χ0n) is 14.0. The topological polar surface area (TPSA) is 24.5 Å². The summed E-state index contributed by atoms with van der Waals surface area (Å²) in [4.78, 5) is 1.89. The van der Waals surface area contributed by atoms with Gasteiger partial charge in [-0.05, 0) is 45.8 Å². The van der Waals surface area contributed by atoms with Crippen LogP contribution in [0.3, 0.4) is 0 Å². The van der Waals surface area contributed by atoms with Crippen molar-refractivity contribution in [1.82, 2.24) is 10.2 Å². The molecule has 2 aromatic carbocycles. The summed E-state index contributed by atoms with van der Waals surface area (Å²) in [6.45, 7) is 2.36. The number of halogens is 6. The molecule has 1 saturated heterocycles. The lowest BCUT2D eigenvalue weighted by Crippen LogP contribution is -2.45. The van der Waals surface area contributed by atoms with Gasteiger partial charge in [0.15, 0.2) is 0 Å². The van der Waals surface area contributed by atoms with Gasteiger partial charge in [-0.15, -0.1) is 13.2 Å². The number of nitrogens with one attached hydrogen (secondary N) is 1. The van der Waals surface area contributed by atoms with Crippen molar-refractivity contribution in [1.29, 1.82) is 0 Å². The number of rotatable bonds is 4. The standard InChI is InChI=1S/C18H16BrF5N2O/c19-13-5-6-14(20)15(16(13)21)17(26-9-7-25-8-10-26)11-1-3-12(4-2-11)27-18(22,23)24/h1-6,17,25H,7-10H2/t17-/m1/s1. The van der Waals surface area contributed by atoms with E-state index in [4.69, 9.17) is 0 Å². The average Bonchev–Trinajstić information content (AvgIpc) is 2.62. The first-order valence-electron chi connectivity index (χ1n) is 8.20. The predicted octanol–water partition coefficient (Wildman–Crippen LogP) is 4.62. The molecule has 9 heteroatoms. The van der Waals surface area contributed by atoms with E-state index in [1.807, 2.05) is 4.90 Å². The van der Waals surface area contributed by atoms with E-state index in [0.29, 0.717) is 31.7 Å². The van der Waals surface area contributed by atoms with Crippen LogP contribution < -0.4 is 10.1 Å². The van der Waals surface area contributed by atoms with E-state index < -0.39 is 24.0 Å². The maximum atomic E-state index is 14.8. The molecule has 1 heterocycles. The van der Waals surface area contributed by atoms with Crippen LogP contribution in [0.5, 0.6) is 5.75 Å². The zero-order valence-corrected chi connectivity index (χ0v) is 15.6. The van der Waals surface area contributed by atoms with E-state index in [-0.39, 0.29) is 15.8 Å². The third-order valence-electron chi connectivity index (χ3n) is 4.30. The Balaban J connectivity index is 2.02. The van der Waals surface area contributed by atoms with Crippen molar-refractivity contribution in [2.45, 2.75) is 12.4 Å². The van der Waals surface area contributed by atoms with Crippen LogP contribution in [0.2, 0.25) is 0 Å². The minimum absolute atomic E-state index is 0.121. The van der Waals surface area contributed by atoms with Gasteiger partial charge in [0, 0.05) is 31.7 Å². The Morgan fingerprint density at radius 1 is 1.00 bits per heavy atom. The van der Waals surface area contributed by atoms with Gasteiger partial charge >= 0.3 is 6.36 Å². The molecule has 0 aliphatic carbocycles. The normalized spacial score (nSPS) is 17.0. The highest BCUT2D eigenvalue weighted by molar-refractivity contribution is 9.10. The molecule has 1 atom stereocenters. The molecule has 146 valence electrons. The molecule has 0 amide bonds. The molecule has 0 saturated carbocycles. The summed E-state index contributed by atoms with van der Waals surface area (Å²) >= 11 is 3.07. The molecule has 3 rings (SSSR count). The van der Waals surface area contributed by atoms with Gasteiger partial charge in [0.05, 0.1) is 10.5 Å². The fourth-order valence-corrected chi connectivity index (χ4v) is 3.49. The molecule has 1 N–H and O–H groups in total. The van der Waals surface area contributed by atoms with Crippen LogP contribution in [0.1, 0.15) is 17.2 Å². The van der Waals surface area contributed by atoms with Gasteiger partial charge in [-0.25, -0.2) is 8.78 Å². The fourth-order valence-electron chi connectivity index (χ4n) is 3.15. The fraction of sp³-hybridized carbons (Fsp3) is 0.333. The van der Waals surface area contributed by atoms with Crippen LogP contribution in [-0.2, 0) is 0 Å². The Kier molecular flexibility index (Phi) is 6.02. The largest absolute Gasteiger partial charge is 0.573 e. The zero-order chi connectivity index (χ0) is 19.6. The van der Waals surface area contributed by atoms with Gasteiger partial charge in [0.2, 0.25) is 0 Å². The smallest absolute Gasteiger partial charge is 0.406 e. The Labute approximate surface area is 161 Å². The second kappa shape index (κ2) is 8.12. The van der Waals surface area contributed by atoms with Crippen molar-refractivity contribution >= 4 is 15.9 Å². The Morgan fingerprint density at radius 3 is 2.22 bits per heavy atom. The second-order valence-corrected chi connectivity index (χ2v) is 6.92. The van der Waals surface area contributed by atoms with E-state index in [9.17, 15) is 22.0 Å². The first-order valence-corrected chi connectivity index (χ1v) is 8.99. The summed E-state index contributed by atoms with van der Waals surface area (Å²) in [5.74, 6) is -1.83. The van der Waals surface area contributed by atoms with Gasteiger partial charge in [-0.3, -0.25) is 4.90 Å². The molecular formula is C18H16BrF5N2O. The number of hydrogen-bond donors (Lipinski definition) is 1. The SMILES string of the molecule is Fc1ccc(Br)c(F)c1[C@@H](c1ccc(OC(F)(F)F)cc1)N1CCNCC1. The van der Waals surface area contributed by atoms with Crippen LogP contribution in [0.4, 0.5) is 22.0 Å². The molecule has 27 heavy (non-hydrogen) atoms. The number of benzene rings is 2. The Morgan fingerprint density at radius 2 is 1.63 bits per heavy atom. The summed E-state index contributed by atoms with van der Waals surface area (Å²) < 4.78 is 70.4. The van der Waals surface area contributed by atoms with E-state index in [2.05, 4.69) is 26.0 Å². The van der Waals surface area contributed by atoms with Gasteiger partial charge in [0.1, 0.15) is 17.4 Å². The third kappa shape index (κ3) is 4.77. The molecule has 2 aromatic rings. The molecule has 1 aliphatic rings. The molecule has 0 bridgehead atoms. The lowest BCUT2D eigenvalue weighted by molar-refractivity contribution is -0.274. The Bertz CT molecular complexity index is 792. The van der Waals surface area contributed by atoms with Gasteiger partial charge in [0.25, 0.3) is 0 Å². The molecule has 1 fully saturated rings. The number of alkyl halides is 3. The number of piperazine rings is 1. The molecule has 0 unspecified atom stereocenters. The molecular weight excluding hydrogens is 435 g/mol. The number of ether oxygens (including phenoxy) is 1. The van der Waals surface area contributed by atoms with Crippen molar-refractivity contribution in [3.63, 3.8) is 0 Å². The maximum Gasteiger partial charge on any atom is 0.573 e. The van der Waals surface area contributed by atoms with E-state index in [1.165, 1.54) is 24.3 Å². The van der Waals surface area contributed by atoms with Crippen LogP contribution >= 0.6 is 15.9 Å². The summed E-state index contributed by atoms with van der Waals surface area (Å²) in [5.41, 5.74) is 0.332. The number of nitrogens with zero attached hydrogens (tertiary/aromatic N) is 1. The van der Waals surface area contributed by atoms with Crippen LogP contribution in [-0.4, -0.2) is 37.4 Å². The van der Waals surface area contributed by atoms with Crippen molar-refractivity contribution in [2.24, 2.45) is 0 Å². The number of hydrogen-bond acceptors (Lipinski definition) is 3. The van der Waals surface area contributed by atoms with Gasteiger partial charge in [-0.1, -0.05) is 12.1 Å². The highest BCUT2D eigenvalue weighted by Crippen LogP contribution is 2.36. The third-order valence-corrected chi connectivity index (χ3v) is 4.91. The molecule has 3 nitrogen and oxygen atoms in total. The highest BCUT2D eigenvalue weighted by Gasteiger charge is 2.32. The lowest BCUT2D eigenvalue weighted by Gasteiger charge is -2.36. The summed E-state index contributed by atoms with van der Waals surface area (Å²) in [5, 5.41) is 3.16. The predicted molar refractivity (Wildman–Crippen MR) is 93.5 cm³/mol. The van der Waals surface area contributed by atoms with Crippen molar-refractivity contribution in [2.75, 3.05) is 26.2 Å². The van der Waals surface area contributed by atoms with Crippen molar-refractivity contribution in [3.05, 3.63) is 63.6 Å². The van der Waals surface area contributed by atoms with Gasteiger partial charge < -0.3 is 10.1 Å². The summed E-state index contributed by atoms with van der Waals surface area (Å²) in [6, 6.07) is 6.76. The Hall–Kier alpha value is -1.71. The lowest BCUT2D eigenvalue weighted by atomic mass is 9.95. The van der Waals surface area contributed by atoms with Crippen LogP contribution in [0, 0.1) is 11.6 Å². The van der Waals surface area contributed by atoms with Crippen molar-refractivity contribution < 1.29 is 26.7 Å². The van der Waals surface area contributed by atoms with Gasteiger partial charge in [-0.2, -0.15) is 0 Å². The molecule has 1 aliphatic heterocycles. The average molecular weight is 451 g/mol. The maximum absolute atomic E-state index is 14.8. The van der Waals surface area contributed by atoms with E-state index >= 15 is 0 Å². The minimum Gasteiger partial charge on any atom is -0.406 e.